The van der Waals surface area contributed by atoms with E-state index in [2.05, 4.69) is 11.5 Å². The van der Waals surface area contributed by atoms with Gasteiger partial charge in [-0.1, -0.05) is 23.8 Å². The molecule has 0 aliphatic rings. The minimum atomic E-state index is -0.194. The maximum Gasteiger partial charge on any atom is 0.241 e. The number of nitrogens with two attached hydrogens (primary N) is 1. The highest BCUT2D eigenvalue weighted by atomic mass is 16.2. The van der Waals surface area contributed by atoms with Gasteiger partial charge in [-0.3, -0.25) is 10.2 Å². The Labute approximate surface area is 84.3 Å². The van der Waals surface area contributed by atoms with E-state index in [4.69, 9.17) is 5.84 Å². The fourth-order valence-electron chi connectivity index (χ4n) is 1.58. The molecule has 1 aromatic rings. The zero-order valence-electron chi connectivity index (χ0n) is 8.79. The summed E-state index contributed by atoms with van der Waals surface area (Å²) in [4.78, 5) is 11.3. The fourth-order valence-corrected chi connectivity index (χ4v) is 1.58. The number of aryl methyl sites for hydroxylation is 2. The smallest absolute Gasteiger partial charge is 0.241 e. The molecule has 1 rings (SSSR count). The molecule has 1 aromatic carbocycles. The third kappa shape index (κ3) is 2.12. The number of rotatable bonds is 2. The number of carbonyl (C=O) groups is 1. The van der Waals surface area contributed by atoms with Crippen molar-refractivity contribution in [3.05, 3.63) is 34.9 Å². The van der Waals surface area contributed by atoms with E-state index in [1.807, 2.05) is 32.9 Å². The van der Waals surface area contributed by atoms with Crippen LogP contribution in [0.5, 0.6) is 0 Å². The molecule has 3 nitrogen and oxygen atoms in total. The predicted molar refractivity (Wildman–Crippen MR) is 56.7 cm³/mol. The van der Waals surface area contributed by atoms with Crippen LogP contribution in [0.15, 0.2) is 18.2 Å². The van der Waals surface area contributed by atoms with Gasteiger partial charge in [0.25, 0.3) is 0 Å². The molecule has 14 heavy (non-hydrogen) atoms. The molecular formula is C11H16N2O. The van der Waals surface area contributed by atoms with Crippen LogP contribution in [0.3, 0.4) is 0 Å². The van der Waals surface area contributed by atoms with Crippen LogP contribution >= 0.6 is 0 Å². The third-order valence-corrected chi connectivity index (χ3v) is 2.43. The van der Waals surface area contributed by atoms with E-state index in [1.165, 1.54) is 5.56 Å². The summed E-state index contributed by atoms with van der Waals surface area (Å²) < 4.78 is 0. The van der Waals surface area contributed by atoms with Crippen molar-refractivity contribution >= 4 is 5.91 Å². The molecule has 3 N–H and O–H groups in total. The maximum absolute atomic E-state index is 11.3. The third-order valence-electron chi connectivity index (χ3n) is 2.43. The number of hydrogen-bond acceptors (Lipinski definition) is 2. The summed E-state index contributed by atoms with van der Waals surface area (Å²) in [6.45, 7) is 5.88. The molecule has 1 amide bonds. The topological polar surface area (TPSA) is 55.1 Å². The van der Waals surface area contributed by atoms with Crippen molar-refractivity contribution in [2.75, 3.05) is 0 Å². The molecule has 1 unspecified atom stereocenters. The average Bonchev–Trinajstić information content (AvgIpc) is 2.15. The molecule has 0 aliphatic carbocycles. The molecule has 0 heterocycles. The highest BCUT2D eigenvalue weighted by Gasteiger charge is 2.15. The van der Waals surface area contributed by atoms with Crippen molar-refractivity contribution in [3.8, 4) is 0 Å². The highest BCUT2D eigenvalue weighted by molar-refractivity contribution is 5.83. The van der Waals surface area contributed by atoms with Crippen LogP contribution in [0.1, 0.15) is 29.5 Å². The maximum atomic E-state index is 11.3. The molecule has 0 bridgehead atoms. The van der Waals surface area contributed by atoms with E-state index in [-0.39, 0.29) is 11.8 Å². The monoisotopic (exact) mass is 192 g/mol. The second kappa shape index (κ2) is 4.24. The number of carbonyl (C=O) groups excluding carboxylic acids is 1. The van der Waals surface area contributed by atoms with Crippen LogP contribution in [0, 0.1) is 13.8 Å². The SMILES string of the molecule is Cc1ccc(C(C)C(=O)NN)c(C)c1. The highest BCUT2D eigenvalue weighted by Crippen LogP contribution is 2.20. The first-order chi connectivity index (χ1) is 6.56. The lowest BCUT2D eigenvalue weighted by Crippen LogP contribution is -2.33. The minimum Gasteiger partial charge on any atom is -0.294 e. The number of hydrazine groups is 1. The van der Waals surface area contributed by atoms with Crippen LogP contribution in [-0.2, 0) is 4.79 Å². The number of amides is 1. The zero-order valence-corrected chi connectivity index (χ0v) is 8.79. The standard InChI is InChI=1S/C11H16N2O/c1-7-4-5-10(8(2)6-7)9(3)11(14)13-12/h4-6,9H,12H2,1-3H3,(H,13,14). The van der Waals surface area contributed by atoms with E-state index < -0.39 is 0 Å². The van der Waals surface area contributed by atoms with E-state index in [0.717, 1.165) is 11.1 Å². The molecule has 1 atom stereocenters. The van der Waals surface area contributed by atoms with E-state index in [9.17, 15) is 4.79 Å². The van der Waals surface area contributed by atoms with Gasteiger partial charge in [0.05, 0.1) is 5.92 Å². The molecule has 0 spiro atoms. The van der Waals surface area contributed by atoms with Crippen molar-refractivity contribution in [2.45, 2.75) is 26.7 Å². The van der Waals surface area contributed by atoms with Crippen molar-refractivity contribution in [3.63, 3.8) is 0 Å². The van der Waals surface area contributed by atoms with Gasteiger partial charge in [-0.15, -0.1) is 0 Å². The van der Waals surface area contributed by atoms with Gasteiger partial charge >= 0.3 is 0 Å². The predicted octanol–water partition coefficient (Wildman–Crippen LogP) is 1.40. The molecule has 76 valence electrons. The largest absolute Gasteiger partial charge is 0.294 e. The summed E-state index contributed by atoms with van der Waals surface area (Å²) in [5.74, 6) is 4.74. The zero-order chi connectivity index (χ0) is 10.7. The number of hydrogen-bond donors (Lipinski definition) is 2. The molecule has 0 aliphatic heterocycles. The van der Waals surface area contributed by atoms with Gasteiger partial charge in [-0.25, -0.2) is 5.84 Å². The van der Waals surface area contributed by atoms with E-state index in [0.29, 0.717) is 0 Å². The average molecular weight is 192 g/mol. The Hall–Kier alpha value is -1.35. The van der Waals surface area contributed by atoms with Gasteiger partial charge in [-0.2, -0.15) is 0 Å². The lowest BCUT2D eigenvalue weighted by molar-refractivity contribution is -0.122. The van der Waals surface area contributed by atoms with Crippen LogP contribution in [0.25, 0.3) is 0 Å². The fraction of sp³-hybridized carbons (Fsp3) is 0.364. The Kier molecular flexibility index (Phi) is 3.25. The van der Waals surface area contributed by atoms with Gasteiger partial charge < -0.3 is 0 Å². The molecular weight excluding hydrogens is 176 g/mol. The quantitative estimate of drug-likeness (QED) is 0.423. The van der Waals surface area contributed by atoms with Crippen LogP contribution in [0.4, 0.5) is 0 Å². The molecule has 0 aromatic heterocycles. The van der Waals surface area contributed by atoms with E-state index >= 15 is 0 Å². The van der Waals surface area contributed by atoms with Crippen molar-refractivity contribution in [2.24, 2.45) is 5.84 Å². The number of nitrogens with one attached hydrogen (secondary N) is 1. The molecule has 0 saturated heterocycles. The Morgan fingerprint density at radius 1 is 1.43 bits per heavy atom. The summed E-state index contributed by atoms with van der Waals surface area (Å²) in [7, 11) is 0. The molecule has 0 radical (unpaired) electrons. The van der Waals surface area contributed by atoms with Gasteiger partial charge in [0.2, 0.25) is 5.91 Å². The second-order valence-electron chi connectivity index (χ2n) is 3.59. The number of benzene rings is 1. The Morgan fingerprint density at radius 3 is 2.57 bits per heavy atom. The van der Waals surface area contributed by atoms with E-state index in [1.54, 1.807) is 0 Å². The Balaban J connectivity index is 3.01. The summed E-state index contributed by atoms with van der Waals surface area (Å²) in [6, 6.07) is 6.04. The molecule has 0 fully saturated rings. The van der Waals surface area contributed by atoms with Gasteiger partial charge in [0.15, 0.2) is 0 Å². The first-order valence-electron chi connectivity index (χ1n) is 4.64. The molecule has 0 saturated carbocycles. The summed E-state index contributed by atoms with van der Waals surface area (Å²) in [5.41, 5.74) is 5.52. The summed E-state index contributed by atoms with van der Waals surface area (Å²) in [6.07, 6.45) is 0. The van der Waals surface area contributed by atoms with Crippen LogP contribution in [0.2, 0.25) is 0 Å². The second-order valence-corrected chi connectivity index (χ2v) is 3.59. The lowest BCUT2D eigenvalue weighted by atomic mass is 9.94. The Bertz CT molecular complexity index is 347. The molecule has 3 heteroatoms. The van der Waals surface area contributed by atoms with Gasteiger partial charge in [0, 0.05) is 0 Å². The van der Waals surface area contributed by atoms with Gasteiger partial charge in [-0.05, 0) is 31.9 Å². The minimum absolute atomic E-state index is 0.156. The summed E-state index contributed by atoms with van der Waals surface area (Å²) in [5, 5.41) is 0. The first kappa shape index (κ1) is 10.7. The first-order valence-corrected chi connectivity index (χ1v) is 4.64. The van der Waals surface area contributed by atoms with Crippen LogP contribution < -0.4 is 11.3 Å². The van der Waals surface area contributed by atoms with Crippen molar-refractivity contribution in [1.82, 2.24) is 5.43 Å². The van der Waals surface area contributed by atoms with Crippen molar-refractivity contribution < 1.29 is 4.79 Å². The van der Waals surface area contributed by atoms with Gasteiger partial charge in [0.1, 0.15) is 0 Å². The van der Waals surface area contributed by atoms with Crippen LogP contribution in [-0.4, -0.2) is 5.91 Å². The van der Waals surface area contributed by atoms with Crippen molar-refractivity contribution in [1.29, 1.82) is 0 Å². The summed E-state index contributed by atoms with van der Waals surface area (Å²) >= 11 is 0. The normalized spacial score (nSPS) is 12.3. The lowest BCUT2D eigenvalue weighted by Gasteiger charge is -2.13. The Morgan fingerprint density at radius 2 is 2.07 bits per heavy atom.